The number of benzene rings is 2. The van der Waals surface area contributed by atoms with Crippen LogP contribution in [-0.4, -0.2) is 28.2 Å². The molecule has 0 aliphatic carbocycles. The molecule has 0 aliphatic rings. The second kappa shape index (κ2) is 8.09. The second-order valence-corrected chi connectivity index (χ2v) is 6.31. The number of fused-ring (bicyclic) bond motifs is 1. The van der Waals surface area contributed by atoms with E-state index in [4.69, 9.17) is 0 Å². The average Bonchev–Trinajstić information content (AvgIpc) is 2.63. The molecule has 134 valence electrons. The molecule has 2 aromatic carbocycles. The minimum atomic E-state index is -0.693. The van der Waals surface area contributed by atoms with E-state index in [1.165, 1.54) is 0 Å². The van der Waals surface area contributed by atoms with E-state index in [1.807, 2.05) is 31.2 Å². The summed E-state index contributed by atoms with van der Waals surface area (Å²) in [4.78, 5) is 20.9. The van der Waals surface area contributed by atoms with Gasteiger partial charge in [0.15, 0.2) is 5.16 Å². The first-order valence-corrected chi connectivity index (χ1v) is 8.93. The Bertz CT molecular complexity index is 952. The molecule has 8 heteroatoms. The predicted molar refractivity (Wildman–Crippen MR) is 99.4 cm³/mol. The van der Waals surface area contributed by atoms with Gasteiger partial charge >= 0.3 is 0 Å². The topological polar surface area (TPSA) is 66.9 Å². The number of nitrogens with zero attached hydrogens (tertiary/aromatic N) is 2. The molecule has 0 aliphatic heterocycles. The molecule has 0 spiro atoms. The van der Waals surface area contributed by atoms with Gasteiger partial charge in [-0.2, -0.15) is 0 Å². The number of hydrogen-bond donors (Lipinski definition) is 2. The summed E-state index contributed by atoms with van der Waals surface area (Å²) in [5.41, 5.74) is 0.570. The first kappa shape index (κ1) is 18.1. The van der Waals surface area contributed by atoms with Crippen LogP contribution in [0.1, 0.15) is 6.92 Å². The maximum absolute atomic E-state index is 13.6. The number of carbonyl (C=O) groups excluding carboxylic acids is 1. The van der Waals surface area contributed by atoms with Crippen LogP contribution < -0.4 is 10.6 Å². The number of thioether (sulfide) groups is 1. The van der Waals surface area contributed by atoms with Crippen molar-refractivity contribution >= 4 is 40.1 Å². The van der Waals surface area contributed by atoms with Crippen molar-refractivity contribution in [3.63, 3.8) is 0 Å². The van der Waals surface area contributed by atoms with Crippen LogP contribution in [0.2, 0.25) is 0 Å². The van der Waals surface area contributed by atoms with E-state index in [-0.39, 0.29) is 11.4 Å². The largest absolute Gasteiger partial charge is 0.370 e. The Balaban J connectivity index is 1.72. The van der Waals surface area contributed by atoms with Crippen LogP contribution in [0, 0.1) is 11.6 Å². The molecule has 0 atom stereocenters. The van der Waals surface area contributed by atoms with E-state index in [1.54, 1.807) is 0 Å². The number of hydrogen-bond acceptors (Lipinski definition) is 5. The minimum absolute atomic E-state index is 0.0279. The lowest BCUT2D eigenvalue weighted by molar-refractivity contribution is -0.113. The number of nitrogens with one attached hydrogen (secondary N) is 2. The summed E-state index contributed by atoms with van der Waals surface area (Å²) in [6, 6.07) is 10.5. The molecule has 1 aromatic heterocycles. The quantitative estimate of drug-likeness (QED) is 0.503. The van der Waals surface area contributed by atoms with Crippen LogP contribution in [0.5, 0.6) is 0 Å². The molecule has 3 aromatic rings. The molecule has 2 N–H and O–H groups in total. The maximum Gasteiger partial charge on any atom is 0.234 e. The molecule has 0 fully saturated rings. The van der Waals surface area contributed by atoms with Crippen LogP contribution in [-0.2, 0) is 4.79 Å². The zero-order chi connectivity index (χ0) is 18.5. The standard InChI is InChI=1S/C18H16F2N4OS/c1-2-21-17-12-5-3-4-6-14(12)23-18(24-17)26-10-16(25)22-15-9-11(19)7-8-13(15)20/h3-9H,2,10H2,1H3,(H,22,25)(H,21,23,24). The zero-order valence-corrected chi connectivity index (χ0v) is 14.7. The molecule has 1 heterocycles. The van der Waals surface area contributed by atoms with Crippen molar-refractivity contribution in [2.75, 3.05) is 22.9 Å². The van der Waals surface area contributed by atoms with E-state index in [9.17, 15) is 13.6 Å². The number of amides is 1. The Morgan fingerprint density at radius 3 is 2.77 bits per heavy atom. The molecule has 0 saturated carbocycles. The van der Waals surface area contributed by atoms with Gasteiger partial charge in [0.1, 0.15) is 17.5 Å². The van der Waals surface area contributed by atoms with Crippen LogP contribution in [0.25, 0.3) is 10.9 Å². The zero-order valence-electron chi connectivity index (χ0n) is 13.9. The van der Waals surface area contributed by atoms with E-state index < -0.39 is 17.5 Å². The fraction of sp³-hybridized carbons (Fsp3) is 0.167. The van der Waals surface area contributed by atoms with Crippen LogP contribution >= 0.6 is 11.8 Å². The number of aromatic nitrogens is 2. The summed E-state index contributed by atoms with van der Waals surface area (Å²) in [6.07, 6.45) is 0. The summed E-state index contributed by atoms with van der Waals surface area (Å²) in [6.45, 7) is 2.66. The number of anilines is 2. The van der Waals surface area contributed by atoms with E-state index in [2.05, 4.69) is 20.6 Å². The van der Waals surface area contributed by atoms with Crippen molar-refractivity contribution < 1.29 is 13.6 Å². The van der Waals surface area contributed by atoms with Gasteiger partial charge in [-0.05, 0) is 31.2 Å². The Labute approximate surface area is 153 Å². The minimum Gasteiger partial charge on any atom is -0.370 e. The molecular formula is C18H16F2N4OS. The summed E-state index contributed by atoms with van der Waals surface area (Å²) in [5.74, 6) is -1.12. The van der Waals surface area contributed by atoms with Crippen LogP contribution in [0.4, 0.5) is 20.3 Å². The van der Waals surface area contributed by atoms with Gasteiger partial charge in [0.2, 0.25) is 5.91 Å². The Hall–Kier alpha value is -2.74. The highest BCUT2D eigenvalue weighted by atomic mass is 32.2. The average molecular weight is 374 g/mol. The molecule has 0 saturated heterocycles. The Morgan fingerprint density at radius 1 is 1.15 bits per heavy atom. The van der Waals surface area contributed by atoms with E-state index in [0.29, 0.717) is 17.5 Å². The Morgan fingerprint density at radius 2 is 1.96 bits per heavy atom. The molecular weight excluding hydrogens is 358 g/mol. The van der Waals surface area contributed by atoms with E-state index in [0.717, 1.165) is 40.9 Å². The number of halogens is 2. The lowest BCUT2D eigenvalue weighted by Crippen LogP contribution is -2.15. The number of carbonyl (C=O) groups is 1. The third-order valence-electron chi connectivity index (χ3n) is 3.46. The van der Waals surface area contributed by atoms with Crippen molar-refractivity contribution in [2.24, 2.45) is 0 Å². The molecule has 26 heavy (non-hydrogen) atoms. The highest BCUT2D eigenvalue weighted by Gasteiger charge is 2.12. The monoisotopic (exact) mass is 374 g/mol. The van der Waals surface area contributed by atoms with Gasteiger partial charge in [0, 0.05) is 18.0 Å². The summed E-state index contributed by atoms with van der Waals surface area (Å²) >= 11 is 1.12. The Kier molecular flexibility index (Phi) is 5.62. The highest BCUT2D eigenvalue weighted by Crippen LogP contribution is 2.24. The molecule has 0 unspecified atom stereocenters. The predicted octanol–water partition coefficient (Wildman–Crippen LogP) is 4.07. The van der Waals surface area contributed by atoms with Crippen molar-refractivity contribution in [3.05, 3.63) is 54.1 Å². The lowest BCUT2D eigenvalue weighted by atomic mass is 10.2. The summed E-state index contributed by atoms with van der Waals surface area (Å²) in [7, 11) is 0. The third-order valence-corrected chi connectivity index (χ3v) is 4.31. The second-order valence-electron chi connectivity index (χ2n) is 5.36. The van der Waals surface area contributed by atoms with Crippen LogP contribution in [0.15, 0.2) is 47.6 Å². The molecule has 5 nitrogen and oxygen atoms in total. The van der Waals surface area contributed by atoms with Gasteiger partial charge < -0.3 is 10.6 Å². The van der Waals surface area contributed by atoms with Gasteiger partial charge in [-0.3, -0.25) is 4.79 Å². The highest BCUT2D eigenvalue weighted by molar-refractivity contribution is 7.99. The molecule has 1 amide bonds. The van der Waals surface area contributed by atoms with E-state index >= 15 is 0 Å². The first-order chi connectivity index (χ1) is 12.6. The maximum atomic E-state index is 13.6. The SMILES string of the molecule is CCNc1nc(SCC(=O)Nc2cc(F)ccc2F)nc2ccccc12. The fourth-order valence-electron chi connectivity index (χ4n) is 2.33. The van der Waals surface area contributed by atoms with Gasteiger partial charge in [-0.1, -0.05) is 23.9 Å². The lowest BCUT2D eigenvalue weighted by Gasteiger charge is -2.09. The number of para-hydroxylation sites is 1. The summed E-state index contributed by atoms with van der Waals surface area (Å²) in [5, 5.41) is 6.85. The van der Waals surface area contributed by atoms with Gasteiger partial charge in [0.05, 0.1) is 17.0 Å². The van der Waals surface area contributed by atoms with Crippen molar-refractivity contribution in [1.29, 1.82) is 0 Å². The van der Waals surface area contributed by atoms with Gasteiger partial charge in [0.25, 0.3) is 0 Å². The normalized spacial score (nSPS) is 10.7. The third kappa shape index (κ3) is 4.26. The molecule has 3 rings (SSSR count). The summed E-state index contributed by atoms with van der Waals surface area (Å²) < 4.78 is 26.7. The van der Waals surface area contributed by atoms with Gasteiger partial charge in [-0.25, -0.2) is 18.7 Å². The van der Waals surface area contributed by atoms with Crippen molar-refractivity contribution in [1.82, 2.24) is 9.97 Å². The van der Waals surface area contributed by atoms with Gasteiger partial charge in [-0.15, -0.1) is 0 Å². The number of rotatable bonds is 6. The molecule has 0 bridgehead atoms. The van der Waals surface area contributed by atoms with Crippen molar-refractivity contribution in [3.8, 4) is 0 Å². The smallest absolute Gasteiger partial charge is 0.234 e. The fourth-order valence-corrected chi connectivity index (χ4v) is 2.98. The van der Waals surface area contributed by atoms with Crippen LogP contribution in [0.3, 0.4) is 0 Å². The molecule has 0 radical (unpaired) electrons. The van der Waals surface area contributed by atoms with Crippen molar-refractivity contribution in [2.45, 2.75) is 12.1 Å². The first-order valence-electron chi connectivity index (χ1n) is 7.95.